The first-order chi connectivity index (χ1) is 9.49. The Morgan fingerprint density at radius 1 is 1.43 bits per heavy atom. The summed E-state index contributed by atoms with van der Waals surface area (Å²) in [6.45, 7) is 4.80. The Kier molecular flexibility index (Phi) is 4.99. The lowest BCUT2D eigenvalue weighted by molar-refractivity contribution is -0.141. The van der Waals surface area contributed by atoms with E-state index in [9.17, 15) is 18.3 Å². The van der Waals surface area contributed by atoms with E-state index in [4.69, 9.17) is 16.9 Å². The molecule has 1 aromatic carbocycles. The predicted molar refractivity (Wildman–Crippen MR) is 77.4 cm³/mol. The van der Waals surface area contributed by atoms with Crippen molar-refractivity contribution in [3.63, 3.8) is 0 Å². The van der Waals surface area contributed by atoms with Crippen molar-refractivity contribution in [2.75, 3.05) is 0 Å². The minimum atomic E-state index is -4.16. The van der Waals surface area contributed by atoms with Gasteiger partial charge in [0.05, 0.1) is 16.7 Å². The molecule has 0 heterocycles. The van der Waals surface area contributed by atoms with E-state index in [1.54, 1.807) is 26.8 Å². The Balaban J connectivity index is 3.30. The highest BCUT2D eigenvalue weighted by Gasteiger charge is 2.35. The van der Waals surface area contributed by atoms with E-state index in [1.807, 2.05) is 0 Å². The van der Waals surface area contributed by atoms with Crippen LogP contribution in [0.3, 0.4) is 0 Å². The van der Waals surface area contributed by atoms with Gasteiger partial charge in [-0.2, -0.15) is 9.98 Å². The number of rotatable bonds is 4. The number of nitriles is 1. The number of carbonyl (C=O) groups is 1. The van der Waals surface area contributed by atoms with Gasteiger partial charge in [-0.1, -0.05) is 32.4 Å². The van der Waals surface area contributed by atoms with Gasteiger partial charge in [0, 0.05) is 0 Å². The van der Waals surface area contributed by atoms with Gasteiger partial charge in [0.1, 0.15) is 10.9 Å². The maximum Gasteiger partial charge on any atom is 0.322 e. The zero-order valence-corrected chi connectivity index (χ0v) is 13.3. The van der Waals surface area contributed by atoms with Crippen molar-refractivity contribution in [3.05, 3.63) is 28.8 Å². The highest BCUT2D eigenvalue weighted by atomic mass is 35.5. The molecule has 0 fully saturated rings. The van der Waals surface area contributed by atoms with Gasteiger partial charge in [0.15, 0.2) is 0 Å². The minimum Gasteiger partial charge on any atom is -0.480 e. The maximum absolute atomic E-state index is 12.3. The summed E-state index contributed by atoms with van der Waals surface area (Å²) in [5, 5.41) is 17.9. The molecule has 0 aliphatic carbocycles. The van der Waals surface area contributed by atoms with E-state index < -0.39 is 27.4 Å². The van der Waals surface area contributed by atoms with Crippen LogP contribution in [0.1, 0.15) is 26.3 Å². The first-order valence-electron chi connectivity index (χ1n) is 5.94. The SMILES string of the molecule is CC(C)(C)[C@@H](NS(=O)(=O)c1cc(C#N)ccc1Cl)C(=O)O. The number of halogens is 1. The van der Waals surface area contributed by atoms with Crippen molar-refractivity contribution in [1.82, 2.24) is 4.72 Å². The van der Waals surface area contributed by atoms with Crippen molar-refractivity contribution in [1.29, 1.82) is 5.26 Å². The van der Waals surface area contributed by atoms with E-state index in [2.05, 4.69) is 4.72 Å². The molecule has 0 amide bonds. The summed E-state index contributed by atoms with van der Waals surface area (Å²) < 4.78 is 26.7. The van der Waals surface area contributed by atoms with Crippen LogP contribution in [-0.4, -0.2) is 25.5 Å². The lowest BCUT2D eigenvalue weighted by Crippen LogP contribution is -2.49. The first-order valence-corrected chi connectivity index (χ1v) is 7.80. The average Bonchev–Trinajstić information content (AvgIpc) is 2.35. The van der Waals surface area contributed by atoms with Crippen LogP contribution in [0, 0.1) is 16.7 Å². The number of hydrogen-bond donors (Lipinski definition) is 2. The summed E-state index contributed by atoms with van der Waals surface area (Å²) in [5.74, 6) is -1.29. The molecule has 1 rings (SSSR count). The highest BCUT2D eigenvalue weighted by Crippen LogP contribution is 2.26. The summed E-state index contributed by atoms with van der Waals surface area (Å²) in [7, 11) is -4.16. The van der Waals surface area contributed by atoms with Crippen LogP contribution in [0.2, 0.25) is 5.02 Å². The lowest BCUT2D eigenvalue weighted by Gasteiger charge is -2.27. The van der Waals surface area contributed by atoms with E-state index >= 15 is 0 Å². The molecule has 0 aliphatic rings. The summed E-state index contributed by atoms with van der Waals surface area (Å²) in [4.78, 5) is 10.9. The molecule has 6 nitrogen and oxygen atoms in total. The molecule has 0 saturated carbocycles. The van der Waals surface area contributed by atoms with Gasteiger partial charge in [-0.25, -0.2) is 8.42 Å². The quantitative estimate of drug-likeness (QED) is 0.877. The first kappa shape index (κ1) is 17.4. The number of hydrogen-bond acceptors (Lipinski definition) is 4. The largest absolute Gasteiger partial charge is 0.480 e. The smallest absolute Gasteiger partial charge is 0.322 e. The summed E-state index contributed by atoms with van der Waals surface area (Å²) in [5.41, 5.74) is -0.722. The molecule has 1 aromatic rings. The van der Waals surface area contributed by atoms with Crippen LogP contribution in [0.15, 0.2) is 23.1 Å². The van der Waals surface area contributed by atoms with Crippen molar-refractivity contribution in [2.45, 2.75) is 31.7 Å². The van der Waals surface area contributed by atoms with Gasteiger partial charge in [0.2, 0.25) is 10.0 Å². The molecular weight excluding hydrogens is 316 g/mol. The maximum atomic E-state index is 12.3. The number of carboxylic acid groups (broad SMARTS) is 1. The molecule has 0 bridgehead atoms. The Morgan fingerprint density at radius 3 is 2.43 bits per heavy atom. The van der Waals surface area contributed by atoms with Crippen LogP contribution >= 0.6 is 11.6 Å². The molecule has 0 saturated heterocycles. The van der Waals surface area contributed by atoms with Crippen molar-refractivity contribution in [2.24, 2.45) is 5.41 Å². The second-order valence-corrected chi connectivity index (χ2v) is 7.61. The molecule has 0 aromatic heterocycles. The Labute approximate surface area is 128 Å². The van der Waals surface area contributed by atoms with Gasteiger partial charge in [0.25, 0.3) is 0 Å². The van der Waals surface area contributed by atoms with E-state index in [0.29, 0.717) is 0 Å². The molecule has 1 atom stereocenters. The predicted octanol–water partition coefficient (Wildman–Crippen LogP) is 1.99. The molecular formula is C13H15ClN2O4S. The van der Waals surface area contributed by atoms with Crippen LogP contribution in [0.5, 0.6) is 0 Å². The highest BCUT2D eigenvalue weighted by molar-refractivity contribution is 7.89. The fourth-order valence-corrected chi connectivity index (χ4v) is 3.52. The molecule has 21 heavy (non-hydrogen) atoms. The second kappa shape index (κ2) is 6.02. The molecule has 0 radical (unpaired) electrons. The van der Waals surface area contributed by atoms with Gasteiger partial charge < -0.3 is 5.11 Å². The van der Waals surface area contributed by atoms with Crippen LogP contribution in [-0.2, 0) is 14.8 Å². The second-order valence-electron chi connectivity index (χ2n) is 5.52. The summed E-state index contributed by atoms with van der Waals surface area (Å²) >= 11 is 5.84. The van der Waals surface area contributed by atoms with Gasteiger partial charge in [-0.05, 0) is 23.6 Å². The Hall–Kier alpha value is -1.62. The normalized spacial score (nSPS) is 13.5. The Morgan fingerprint density at radius 2 is 2.00 bits per heavy atom. The Bertz CT molecular complexity index is 702. The zero-order chi connectivity index (χ0) is 16.4. The summed E-state index contributed by atoms with van der Waals surface area (Å²) in [6.07, 6.45) is 0. The standard InChI is InChI=1S/C13H15ClN2O4S/c1-13(2,3)11(12(17)18)16-21(19,20)10-6-8(7-15)4-5-9(10)14/h4-6,11,16H,1-3H3,(H,17,18)/t11-/m0/s1. The molecule has 0 aliphatic heterocycles. The van der Waals surface area contributed by atoms with E-state index in [-0.39, 0.29) is 15.5 Å². The van der Waals surface area contributed by atoms with Gasteiger partial charge in [-0.15, -0.1) is 0 Å². The number of sulfonamides is 1. The molecule has 114 valence electrons. The fraction of sp³-hybridized carbons (Fsp3) is 0.385. The van der Waals surface area contributed by atoms with Crippen molar-refractivity contribution < 1.29 is 18.3 Å². The fourth-order valence-electron chi connectivity index (χ4n) is 1.60. The van der Waals surface area contributed by atoms with E-state index in [0.717, 1.165) is 6.07 Å². The van der Waals surface area contributed by atoms with Gasteiger partial charge in [-0.3, -0.25) is 4.79 Å². The molecule has 8 heteroatoms. The van der Waals surface area contributed by atoms with E-state index in [1.165, 1.54) is 12.1 Å². The molecule has 0 unspecified atom stereocenters. The average molecular weight is 331 g/mol. The number of carboxylic acids is 1. The third kappa shape index (κ3) is 4.17. The van der Waals surface area contributed by atoms with Crippen molar-refractivity contribution >= 4 is 27.6 Å². The van der Waals surface area contributed by atoms with Crippen LogP contribution in [0.4, 0.5) is 0 Å². The number of nitrogens with one attached hydrogen (secondary N) is 1. The monoisotopic (exact) mass is 330 g/mol. The third-order valence-electron chi connectivity index (χ3n) is 2.74. The van der Waals surface area contributed by atoms with Crippen LogP contribution in [0.25, 0.3) is 0 Å². The lowest BCUT2D eigenvalue weighted by atomic mass is 9.88. The number of aliphatic carboxylic acids is 1. The third-order valence-corrected chi connectivity index (χ3v) is 4.64. The molecule has 0 spiro atoms. The summed E-state index contributed by atoms with van der Waals surface area (Å²) in [6, 6.07) is 4.23. The van der Waals surface area contributed by atoms with Gasteiger partial charge >= 0.3 is 5.97 Å². The zero-order valence-electron chi connectivity index (χ0n) is 11.7. The van der Waals surface area contributed by atoms with Crippen LogP contribution < -0.4 is 4.72 Å². The topological polar surface area (TPSA) is 107 Å². The minimum absolute atomic E-state index is 0.0838. The van der Waals surface area contributed by atoms with Crippen molar-refractivity contribution in [3.8, 4) is 6.07 Å². The number of benzene rings is 1. The number of nitrogens with zero attached hydrogens (tertiary/aromatic N) is 1. The molecule has 2 N–H and O–H groups in total.